The second kappa shape index (κ2) is 6.43. The van der Waals surface area contributed by atoms with Crippen LogP contribution in [-0.4, -0.2) is 13.0 Å². The SMILES string of the molecule is CONC(=O)CCCc1cccc(Cl)c1. The molecule has 0 aromatic heterocycles. The third kappa shape index (κ3) is 4.81. The van der Waals surface area contributed by atoms with Crippen molar-refractivity contribution < 1.29 is 9.63 Å². The first-order chi connectivity index (χ1) is 7.22. The van der Waals surface area contributed by atoms with Gasteiger partial charge in [0.2, 0.25) is 5.91 Å². The fraction of sp³-hybridized carbons (Fsp3) is 0.364. The van der Waals surface area contributed by atoms with Crippen molar-refractivity contribution in [3.63, 3.8) is 0 Å². The molecule has 15 heavy (non-hydrogen) atoms. The number of benzene rings is 1. The summed E-state index contributed by atoms with van der Waals surface area (Å²) in [6, 6.07) is 7.66. The third-order valence-corrected chi connectivity index (χ3v) is 2.21. The Balaban J connectivity index is 2.28. The predicted molar refractivity (Wildman–Crippen MR) is 59.5 cm³/mol. The minimum Gasteiger partial charge on any atom is -0.277 e. The molecule has 0 unspecified atom stereocenters. The van der Waals surface area contributed by atoms with Crippen molar-refractivity contribution in [3.8, 4) is 0 Å². The first-order valence-corrected chi connectivity index (χ1v) is 5.16. The highest BCUT2D eigenvalue weighted by molar-refractivity contribution is 6.30. The van der Waals surface area contributed by atoms with E-state index in [9.17, 15) is 4.79 Å². The third-order valence-electron chi connectivity index (χ3n) is 1.97. The van der Waals surface area contributed by atoms with Crippen LogP contribution in [0.2, 0.25) is 5.02 Å². The maximum Gasteiger partial charge on any atom is 0.243 e. The number of halogens is 1. The highest BCUT2D eigenvalue weighted by Crippen LogP contribution is 2.12. The number of hydrogen-bond acceptors (Lipinski definition) is 2. The van der Waals surface area contributed by atoms with Crippen molar-refractivity contribution in [1.82, 2.24) is 5.48 Å². The van der Waals surface area contributed by atoms with E-state index in [4.69, 9.17) is 11.6 Å². The largest absolute Gasteiger partial charge is 0.277 e. The van der Waals surface area contributed by atoms with Gasteiger partial charge in [0.05, 0.1) is 7.11 Å². The van der Waals surface area contributed by atoms with E-state index in [1.54, 1.807) is 0 Å². The van der Waals surface area contributed by atoms with Crippen LogP contribution in [0.1, 0.15) is 18.4 Å². The van der Waals surface area contributed by atoms with Crippen LogP contribution in [-0.2, 0) is 16.1 Å². The van der Waals surface area contributed by atoms with Gasteiger partial charge in [0.1, 0.15) is 0 Å². The minimum atomic E-state index is -0.0977. The van der Waals surface area contributed by atoms with E-state index in [1.807, 2.05) is 24.3 Å². The molecule has 1 N–H and O–H groups in total. The Bertz CT molecular complexity index is 328. The molecular formula is C11H14ClNO2. The molecule has 1 amide bonds. The van der Waals surface area contributed by atoms with Crippen LogP contribution < -0.4 is 5.48 Å². The van der Waals surface area contributed by atoms with Crippen molar-refractivity contribution >= 4 is 17.5 Å². The van der Waals surface area contributed by atoms with Crippen LogP contribution in [0.15, 0.2) is 24.3 Å². The summed E-state index contributed by atoms with van der Waals surface area (Å²) in [6.45, 7) is 0. The molecule has 0 spiro atoms. The zero-order valence-corrected chi connectivity index (χ0v) is 9.38. The van der Waals surface area contributed by atoms with Gasteiger partial charge in [0, 0.05) is 11.4 Å². The van der Waals surface area contributed by atoms with E-state index in [0.717, 1.165) is 23.4 Å². The number of carbonyl (C=O) groups excluding carboxylic acids is 1. The molecule has 4 heteroatoms. The van der Waals surface area contributed by atoms with E-state index in [1.165, 1.54) is 7.11 Å². The van der Waals surface area contributed by atoms with Gasteiger partial charge in [-0.15, -0.1) is 0 Å². The molecule has 0 aliphatic heterocycles. The molecule has 0 fully saturated rings. The van der Waals surface area contributed by atoms with Gasteiger partial charge >= 0.3 is 0 Å². The lowest BCUT2D eigenvalue weighted by Gasteiger charge is -2.02. The highest BCUT2D eigenvalue weighted by Gasteiger charge is 2.00. The average molecular weight is 228 g/mol. The standard InChI is InChI=1S/C11H14ClNO2/c1-15-13-11(14)7-3-5-9-4-2-6-10(12)8-9/h2,4,6,8H,3,5,7H2,1H3,(H,13,14). The van der Waals surface area contributed by atoms with Crippen molar-refractivity contribution in [2.24, 2.45) is 0 Å². The van der Waals surface area contributed by atoms with Crippen LogP contribution in [0.3, 0.4) is 0 Å². The maximum atomic E-state index is 11.0. The molecule has 1 aromatic carbocycles. The monoisotopic (exact) mass is 227 g/mol. The van der Waals surface area contributed by atoms with Gasteiger partial charge in [0.25, 0.3) is 0 Å². The molecule has 1 rings (SSSR count). The number of hydroxylamine groups is 1. The van der Waals surface area contributed by atoms with Crippen molar-refractivity contribution in [2.45, 2.75) is 19.3 Å². The predicted octanol–water partition coefficient (Wildman–Crippen LogP) is 2.34. The molecule has 0 aliphatic carbocycles. The summed E-state index contributed by atoms with van der Waals surface area (Å²) in [5.74, 6) is -0.0977. The molecule has 0 aliphatic rings. The lowest BCUT2D eigenvalue weighted by atomic mass is 10.1. The summed E-state index contributed by atoms with van der Waals surface area (Å²) >= 11 is 5.84. The summed E-state index contributed by atoms with van der Waals surface area (Å²) < 4.78 is 0. The molecule has 0 atom stereocenters. The molecular weight excluding hydrogens is 214 g/mol. The number of carbonyl (C=O) groups is 1. The smallest absolute Gasteiger partial charge is 0.243 e. The Morgan fingerprint density at radius 1 is 1.53 bits per heavy atom. The molecule has 82 valence electrons. The summed E-state index contributed by atoms with van der Waals surface area (Å²) in [5, 5.41) is 0.730. The van der Waals surface area contributed by atoms with E-state index < -0.39 is 0 Å². The van der Waals surface area contributed by atoms with Gasteiger partial charge in [-0.2, -0.15) is 0 Å². The fourth-order valence-electron chi connectivity index (χ4n) is 1.31. The van der Waals surface area contributed by atoms with Gasteiger partial charge in [0.15, 0.2) is 0 Å². The maximum absolute atomic E-state index is 11.0. The van der Waals surface area contributed by atoms with Crippen LogP contribution in [0.25, 0.3) is 0 Å². The molecule has 0 radical (unpaired) electrons. The zero-order valence-electron chi connectivity index (χ0n) is 8.63. The van der Waals surface area contributed by atoms with Gasteiger partial charge < -0.3 is 0 Å². The Labute approximate surface area is 94.3 Å². The van der Waals surface area contributed by atoms with E-state index in [0.29, 0.717) is 6.42 Å². The Morgan fingerprint density at radius 2 is 2.33 bits per heavy atom. The molecule has 0 heterocycles. The van der Waals surface area contributed by atoms with Gasteiger partial charge in [-0.25, -0.2) is 5.48 Å². The lowest BCUT2D eigenvalue weighted by Crippen LogP contribution is -2.21. The topological polar surface area (TPSA) is 38.3 Å². The van der Waals surface area contributed by atoms with E-state index in [2.05, 4.69) is 10.3 Å². The molecule has 1 aromatic rings. The first kappa shape index (κ1) is 12.0. The molecule has 3 nitrogen and oxygen atoms in total. The van der Waals surface area contributed by atoms with Gasteiger partial charge in [-0.3, -0.25) is 9.63 Å². The van der Waals surface area contributed by atoms with Crippen molar-refractivity contribution in [3.05, 3.63) is 34.9 Å². The van der Waals surface area contributed by atoms with Crippen LogP contribution >= 0.6 is 11.6 Å². The summed E-state index contributed by atoms with van der Waals surface area (Å²) in [5.41, 5.74) is 3.42. The quantitative estimate of drug-likeness (QED) is 0.785. The summed E-state index contributed by atoms with van der Waals surface area (Å²) in [4.78, 5) is 15.5. The van der Waals surface area contributed by atoms with Crippen LogP contribution in [0.4, 0.5) is 0 Å². The zero-order chi connectivity index (χ0) is 11.1. The minimum absolute atomic E-state index is 0.0977. The van der Waals surface area contributed by atoms with Crippen LogP contribution in [0.5, 0.6) is 0 Å². The normalized spacial score (nSPS) is 10.0. The Hall–Kier alpha value is -1.06. The first-order valence-electron chi connectivity index (χ1n) is 4.78. The van der Waals surface area contributed by atoms with Crippen LogP contribution in [0, 0.1) is 0 Å². The number of aryl methyl sites for hydroxylation is 1. The fourth-order valence-corrected chi connectivity index (χ4v) is 1.52. The lowest BCUT2D eigenvalue weighted by molar-refractivity contribution is -0.131. The van der Waals surface area contributed by atoms with E-state index >= 15 is 0 Å². The molecule has 0 bridgehead atoms. The number of hydrogen-bond donors (Lipinski definition) is 1. The summed E-state index contributed by atoms with van der Waals surface area (Å²) in [6.07, 6.45) is 2.09. The highest BCUT2D eigenvalue weighted by atomic mass is 35.5. The second-order valence-electron chi connectivity index (χ2n) is 3.21. The number of nitrogens with one attached hydrogen (secondary N) is 1. The molecule has 0 saturated heterocycles. The Morgan fingerprint density at radius 3 is 3.00 bits per heavy atom. The van der Waals surface area contributed by atoms with Crippen molar-refractivity contribution in [2.75, 3.05) is 7.11 Å². The Kier molecular flexibility index (Phi) is 5.15. The number of rotatable bonds is 5. The molecule has 0 saturated carbocycles. The average Bonchev–Trinajstić information content (AvgIpc) is 2.18. The summed E-state index contributed by atoms with van der Waals surface area (Å²) in [7, 11) is 1.43. The number of amides is 1. The van der Waals surface area contributed by atoms with Crippen molar-refractivity contribution in [1.29, 1.82) is 0 Å². The van der Waals surface area contributed by atoms with Gasteiger partial charge in [-0.05, 0) is 30.5 Å². The second-order valence-corrected chi connectivity index (χ2v) is 3.65. The van der Waals surface area contributed by atoms with Gasteiger partial charge in [-0.1, -0.05) is 23.7 Å². The van der Waals surface area contributed by atoms with E-state index in [-0.39, 0.29) is 5.91 Å².